The number of hydrogen-bond acceptors (Lipinski definition) is 2. The quantitative estimate of drug-likeness (QED) is 0.706. The van der Waals surface area contributed by atoms with Crippen LogP contribution in [0, 0.1) is 0 Å². The minimum Gasteiger partial charge on any atom is -0.433 e. The number of pyridine rings is 1. The van der Waals surface area contributed by atoms with Gasteiger partial charge in [0.05, 0.1) is 11.2 Å². The molecule has 1 aromatic heterocycles. The second-order valence-corrected chi connectivity index (χ2v) is 2.59. The van der Waals surface area contributed by atoms with E-state index < -0.39 is 6.61 Å². The first-order chi connectivity index (χ1) is 5.59. The highest BCUT2D eigenvalue weighted by molar-refractivity contribution is 6.41. The second-order valence-electron chi connectivity index (χ2n) is 1.82. The van der Waals surface area contributed by atoms with E-state index >= 15 is 0 Å². The highest BCUT2D eigenvalue weighted by atomic mass is 35.5. The van der Waals surface area contributed by atoms with E-state index in [0.717, 1.165) is 6.20 Å². The van der Waals surface area contributed by atoms with Crippen molar-refractivity contribution in [2.75, 3.05) is 0 Å². The van der Waals surface area contributed by atoms with Gasteiger partial charge in [-0.1, -0.05) is 23.2 Å². The Balaban J connectivity index is 2.82. The van der Waals surface area contributed by atoms with Crippen molar-refractivity contribution in [2.45, 2.75) is 6.61 Å². The molecule has 0 aliphatic heterocycles. The summed E-state index contributed by atoms with van der Waals surface area (Å²) in [7, 11) is 0. The molecule has 0 atom stereocenters. The maximum atomic E-state index is 11.6. The molecule has 66 valence electrons. The molecule has 1 heterocycles. The molecule has 1 aromatic rings. The molecule has 0 radical (unpaired) electrons. The fraction of sp³-hybridized carbons (Fsp3) is 0.167. The first-order valence-electron chi connectivity index (χ1n) is 2.85. The van der Waals surface area contributed by atoms with E-state index in [1.54, 1.807) is 0 Å². The monoisotopic (exact) mass is 213 g/mol. The topological polar surface area (TPSA) is 22.1 Å². The molecule has 6 heteroatoms. The number of ether oxygens (including phenoxy) is 1. The molecule has 12 heavy (non-hydrogen) atoms. The lowest BCUT2D eigenvalue weighted by Gasteiger charge is -2.03. The third-order valence-corrected chi connectivity index (χ3v) is 1.68. The summed E-state index contributed by atoms with van der Waals surface area (Å²) in [5, 5.41) is 0.132. The Hall–Kier alpha value is -0.610. The van der Waals surface area contributed by atoms with Gasteiger partial charge in [0.25, 0.3) is 0 Å². The van der Waals surface area contributed by atoms with Gasteiger partial charge in [0.2, 0.25) is 0 Å². The summed E-state index contributed by atoms with van der Waals surface area (Å²) in [4.78, 5) is 3.51. The van der Waals surface area contributed by atoms with Crippen molar-refractivity contribution in [3.63, 3.8) is 0 Å². The van der Waals surface area contributed by atoms with Crippen LogP contribution in [-0.4, -0.2) is 11.6 Å². The van der Waals surface area contributed by atoms with Gasteiger partial charge in [0.1, 0.15) is 10.9 Å². The highest BCUT2D eigenvalue weighted by Crippen LogP contribution is 2.24. The summed E-state index contributed by atoms with van der Waals surface area (Å²) in [6.07, 6.45) is 1.07. The standard InChI is InChI=1S/C6H3Cl2F2NO/c7-4-1-3(12-6(9)10)2-11-5(4)8/h1-2,6H. The van der Waals surface area contributed by atoms with Gasteiger partial charge in [-0.2, -0.15) is 8.78 Å². The molecule has 0 N–H and O–H groups in total. The Bertz CT molecular complexity index is 282. The van der Waals surface area contributed by atoms with E-state index in [1.807, 2.05) is 0 Å². The molecule has 0 fully saturated rings. The Labute approximate surface area is 77.1 Å². The third-order valence-electron chi connectivity index (χ3n) is 0.996. The zero-order valence-electron chi connectivity index (χ0n) is 5.60. The molecule has 0 saturated heterocycles. The average Bonchev–Trinajstić information content (AvgIpc) is 1.96. The number of nitrogens with zero attached hydrogens (tertiary/aromatic N) is 1. The Morgan fingerprint density at radius 2 is 2.08 bits per heavy atom. The fourth-order valence-electron chi connectivity index (χ4n) is 0.571. The summed E-state index contributed by atoms with van der Waals surface area (Å²) in [6, 6.07) is 1.17. The van der Waals surface area contributed by atoms with Crippen molar-refractivity contribution in [2.24, 2.45) is 0 Å². The predicted octanol–water partition coefficient (Wildman–Crippen LogP) is 2.99. The lowest BCUT2D eigenvalue weighted by Crippen LogP contribution is -2.02. The van der Waals surface area contributed by atoms with Crippen molar-refractivity contribution in [3.8, 4) is 5.75 Å². The van der Waals surface area contributed by atoms with Gasteiger partial charge in [-0.3, -0.25) is 0 Å². The van der Waals surface area contributed by atoms with Crippen LogP contribution in [0.1, 0.15) is 0 Å². The van der Waals surface area contributed by atoms with Crippen LogP contribution in [-0.2, 0) is 0 Å². The van der Waals surface area contributed by atoms with Crippen molar-refractivity contribution in [1.82, 2.24) is 4.98 Å². The molecule has 0 amide bonds. The lowest BCUT2D eigenvalue weighted by atomic mass is 10.5. The van der Waals surface area contributed by atoms with Crippen LogP contribution < -0.4 is 4.74 Å². The van der Waals surface area contributed by atoms with Gasteiger partial charge in [-0.25, -0.2) is 4.98 Å². The number of aromatic nitrogens is 1. The summed E-state index contributed by atoms with van der Waals surface area (Å²) in [6.45, 7) is -2.89. The van der Waals surface area contributed by atoms with Crippen molar-refractivity contribution in [1.29, 1.82) is 0 Å². The van der Waals surface area contributed by atoms with Gasteiger partial charge in [0, 0.05) is 6.07 Å². The van der Waals surface area contributed by atoms with Crippen LogP contribution in [0.3, 0.4) is 0 Å². The molecule has 0 unspecified atom stereocenters. The normalized spacial score (nSPS) is 10.4. The summed E-state index contributed by atoms with van der Waals surface area (Å²) in [5.41, 5.74) is 0. The van der Waals surface area contributed by atoms with Crippen molar-refractivity contribution in [3.05, 3.63) is 22.4 Å². The maximum absolute atomic E-state index is 11.6. The van der Waals surface area contributed by atoms with Gasteiger partial charge in [-0.05, 0) is 0 Å². The molecule has 0 aliphatic rings. The Morgan fingerprint density at radius 1 is 1.42 bits per heavy atom. The maximum Gasteiger partial charge on any atom is 0.387 e. The molecule has 0 spiro atoms. The fourth-order valence-corrected chi connectivity index (χ4v) is 0.831. The summed E-state index contributed by atoms with van der Waals surface area (Å²) in [5.74, 6) is -0.112. The van der Waals surface area contributed by atoms with E-state index in [9.17, 15) is 8.78 Å². The molecule has 1 rings (SSSR count). The highest BCUT2D eigenvalue weighted by Gasteiger charge is 2.06. The van der Waals surface area contributed by atoms with Crippen LogP contribution in [0.4, 0.5) is 8.78 Å². The van der Waals surface area contributed by atoms with Gasteiger partial charge >= 0.3 is 6.61 Å². The van der Waals surface area contributed by atoms with Crippen molar-refractivity contribution < 1.29 is 13.5 Å². The molecule has 0 bridgehead atoms. The van der Waals surface area contributed by atoms with Gasteiger partial charge in [-0.15, -0.1) is 0 Å². The molecule has 0 saturated carbocycles. The third kappa shape index (κ3) is 2.46. The predicted molar refractivity (Wildman–Crippen MR) is 40.9 cm³/mol. The molecule has 0 aromatic carbocycles. The lowest BCUT2D eigenvalue weighted by molar-refractivity contribution is -0.0500. The molecular weight excluding hydrogens is 211 g/mol. The number of halogens is 4. The first kappa shape index (κ1) is 9.48. The summed E-state index contributed by atoms with van der Waals surface area (Å²) < 4.78 is 27.3. The van der Waals surface area contributed by atoms with Crippen LogP contribution in [0.5, 0.6) is 5.75 Å². The van der Waals surface area contributed by atoms with Crippen LogP contribution in [0.25, 0.3) is 0 Å². The zero-order valence-corrected chi connectivity index (χ0v) is 7.11. The van der Waals surface area contributed by atoms with E-state index in [0.29, 0.717) is 0 Å². The van der Waals surface area contributed by atoms with Crippen LogP contribution >= 0.6 is 23.2 Å². The Kier molecular flexibility index (Phi) is 3.05. The number of rotatable bonds is 2. The average molecular weight is 214 g/mol. The smallest absolute Gasteiger partial charge is 0.387 e. The number of hydrogen-bond donors (Lipinski definition) is 0. The first-order valence-corrected chi connectivity index (χ1v) is 3.61. The summed E-state index contributed by atoms with van der Waals surface area (Å²) >= 11 is 10.9. The zero-order chi connectivity index (χ0) is 9.14. The van der Waals surface area contributed by atoms with E-state index in [4.69, 9.17) is 23.2 Å². The van der Waals surface area contributed by atoms with Gasteiger partial charge < -0.3 is 4.74 Å². The van der Waals surface area contributed by atoms with Crippen LogP contribution in [0.15, 0.2) is 12.3 Å². The van der Waals surface area contributed by atoms with Crippen LogP contribution in [0.2, 0.25) is 10.2 Å². The minimum absolute atomic E-state index is 0.0540. The Morgan fingerprint density at radius 3 is 2.58 bits per heavy atom. The second kappa shape index (κ2) is 3.87. The van der Waals surface area contributed by atoms with E-state index in [-0.39, 0.29) is 15.9 Å². The molecule has 0 aliphatic carbocycles. The minimum atomic E-state index is -2.89. The number of alkyl halides is 2. The van der Waals surface area contributed by atoms with Gasteiger partial charge in [0.15, 0.2) is 0 Å². The molecular formula is C6H3Cl2F2NO. The van der Waals surface area contributed by atoms with E-state index in [2.05, 4.69) is 9.72 Å². The largest absolute Gasteiger partial charge is 0.433 e. The van der Waals surface area contributed by atoms with E-state index in [1.165, 1.54) is 6.07 Å². The van der Waals surface area contributed by atoms with Crippen molar-refractivity contribution >= 4 is 23.2 Å². The SMILES string of the molecule is FC(F)Oc1cnc(Cl)c(Cl)c1. The molecule has 2 nitrogen and oxygen atoms in total.